The second kappa shape index (κ2) is 3.98. The van der Waals surface area contributed by atoms with Crippen molar-refractivity contribution in [2.75, 3.05) is 7.11 Å². The lowest BCUT2D eigenvalue weighted by atomic mass is 10.4. The summed E-state index contributed by atoms with van der Waals surface area (Å²) >= 11 is 3.30. The van der Waals surface area contributed by atoms with Crippen LogP contribution in [0.25, 0.3) is 11.2 Å². The maximum Gasteiger partial charge on any atom is 0.313 e. The molecule has 0 aliphatic heterocycles. The average Bonchev–Trinajstić information content (AvgIpc) is 2.59. The lowest BCUT2D eigenvalue weighted by Gasteiger charge is -1.93. The van der Waals surface area contributed by atoms with E-state index in [-0.39, 0.29) is 12.4 Å². The number of halogens is 1. The molecule has 0 atom stereocenters. The number of methoxy groups -OCH3 is 1. The van der Waals surface area contributed by atoms with Crippen molar-refractivity contribution in [1.82, 2.24) is 15.0 Å². The lowest BCUT2D eigenvalue weighted by Crippen LogP contribution is -2.05. The molecule has 0 saturated carbocycles. The first-order chi connectivity index (χ1) is 7.19. The largest absolute Gasteiger partial charge is 0.469 e. The molecule has 2 rings (SSSR count). The van der Waals surface area contributed by atoms with Gasteiger partial charge in [-0.05, 0) is 22.0 Å². The van der Waals surface area contributed by atoms with Gasteiger partial charge in [-0.15, -0.1) is 0 Å². The molecule has 0 spiro atoms. The zero-order chi connectivity index (χ0) is 10.8. The molecule has 0 amide bonds. The van der Waals surface area contributed by atoms with Crippen LogP contribution in [0, 0.1) is 0 Å². The van der Waals surface area contributed by atoms with Crippen molar-refractivity contribution in [3.8, 4) is 0 Å². The number of ether oxygens (including phenoxy) is 1. The Balaban J connectivity index is 2.34. The third-order valence-corrected chi connectivity index (χ3v) is 2.33. The SMILES string of the molecule is COC(=O)Cc1nc2ncc(Br)cc2[nH]1. The van der Waals surface area contributed by atoms with Gasteiger partial charge in [-0.2, -0.15) is 0 Å². The van der Waals surface area contributed by atoms with E-state index in [4.69, 9.17) is 0 Å². The second-order valence-electron chi connectivity index (χ2n) is 2.96. The number of carbonyl (C=O) groups is 1. The second-order valence-corrected chi connectivity index (χ2v) is 3.88. The fourth-order valence-corrected chi connectivity index (χ4v) is 1.55. The molecule has 0 radical (unpaired) electrons. The van der Waals surface area contributed by atoms with Crippen LogP contribution in [-0.4, -0.2) is 28.0 Å². The van der Waals surface area contributed by atoms with E-state index >= 15 is 0 Å². The Morgan fingerprint density at radius 2 is 2.47 bits per heavy atom. The van der Waals surface area contributed by atoms with Crippen molar-refractivity contribution in [3.05, 3.63) is 22.6 Å². The van der Waals surface area contributed by atoms with E-state index in [0.717, 1.165) is 9.99 Å². The highest BCUT2D eigenvalue weighted by molar-refractivity contribution is 9.10. The van der Waals surface area contributed by atoms with Gasteiger partial charge >= 0.3 is 5.97 Å². The number of hydrogen-bond donors (Lipinski definition) is 1. The van der Waals surface area contributed by atoms with Gasteiger partial charge in [-0.3, -0.25) is 4.79 Å². The van der Waals surface area contributed by atoms with Crippen molar-refractivity contribution in [2.45, 2.75) is 6.42 Å². The number of nitrogens with one attached hydrogen (secondary N) is 1. The monoisotopic (exact) mass is 269 g/mol. The van der Waals surface area contributed by atoms with Gasteiger partial charge in [0.05, 0.1) is 12.6 Å². The maximum absolute atomic E-state index is 11.0. The molecule has 0 aliphatic rings. The summed E-state index contributed by atoms with van der Waals surface area (Å²) in [5.41, 5.74) is 1.39. The number of aromatic nitrogens is 3. The molecule has 1 N–H and O–H groups in total. The zero-order valence-corrected chi connectivity index (χ0v) is 9.54. The number of rotatable bonds is 2. The van der Waals surface area contributed by atoms with Crippen molar-refractivity contribution >= 4 is 33.1 Å². The van der Waals surface area contributed by atoms with E-state index in [9.17, 15) is 4.79 Å². The van der Waals surface area contributed by atoms with Gasteiger partial charge in [0.25, 0.3) is 0 Å². The van der Waals surface area contributed by atoms with Crippen LogP contribution in [0.3, 0.4) is 0 Å². The quantitative estimate of drug-likeness (QED) is 0.838. The van der Waals surface area contributed by atoms with Crippen molar-refractivity contribution in [2.24, 2.45) is 0 Å². The predicted octanol–water partition coefficient (Wildman–Crippen LogP) is 1.44. The number of fused-ring (bicyclic) bond motifs is 1. The van der Waals surface area contributed by atoms with E-state index in [0.29, 0.717) is 11.5 Å². The first-order valence-corrected chi connectivity index (χ1v) is 5.05. The fraction of sp³-hybridized carbons (Fsp3) is 0.222. The van der Waals surface area contributed by atoms with Crippen LogP contribution in [0.2, 0.25) is 0 Å². The molecule has 0 fully saturated rings. The van der Waals surface area contributed by atoms with Gasteiger partial charge in [-0.25, -0.2) is 9.97 Å². The molecule has 0 saturated heterocycles. The van der Waals surface area contributed by atoms with E-state index in [1.807, 2.05) is 6.07 Å². The number of nitrogens with zero attached hydrogens (tertiary/aromatic N) is 2. The van der Waals surface area contributed by atoms with Gasteiger partial charge in [0, 0.05) is 10.7 Å². The minimum absolute atomic E-state index is 0.129. The summed E-state index contributed by atoms with van der Waals surface area (Å²) in [4.78, 5) is 22.3. The normalized spacial score (nSPS) is 10.5. The van der Waals surface area contributed by atoms with E-state index in [2.05, 4.69) is 35.6 Å². The Labute approximate surface area is 94.0 Å². The zero-order valence-electron chi connectivity index (χ0n) is 7.95. The van der Waals surface area contributed by atoms with Gasteiger partial charge < -0.3 is 9.72 Å². The fourth-order valence-electron chi connectivity index (χ4n) is 1.22. The molecule has 78 valence electrons. The Bertz CT molecular complexity index is 509. The summed E-state index contributed by atoms with van der Waals surface area (Å²) in [5.74, 6) is 0.232. The summed E-state index contributed by atoms with van der Waals surface area (Å²) in [6, 6.07) is 1.86. The highest BCUT2D eigenvalue weighted by atomic mass is 79.9. The van der Waals surface area contributed by atoms with Gasteiger partial charge in [0.15, 0.2) is 5.65 Å². The van der Waals surface area contributed by atoms with Gasteiger partial charge in [0.2, 0.25) is 0 Å². The molecule has 15 heavy (non-hydrogen) atoms. The Hall–Kier alpha value is -1.43. The van der Waals surface area contributed by atoms with Crippen molar-refractivity contribution < 1.29 is 9.53 Å². The van der Waals surface area contributed by atoms with E-state index < -0.39 is 0 Å². The van der Waals surface area contributed by atoms with Crippen LogP contribution >= 0.6 is 15.9 Å². The molecule has 2 aromatic rings. The highest BCUT2D eigenvalue weighted by Gasteiger charge is 2.08. The summed E-state index contributed by atoms with van der Waals surface area (Å²) in [7, 11) is 1.35. The molecule has 2 heterocycles. The Morgan fingerprint density at radius 3 is 3.20 bits per heavy atom. The molecular weight excluding hydrogens is 262 g/mol. The van der Waals surface area contributed by atoms with Gasteiger partial charge in [-0.1, -0.05) is 0 Å². The molecule has 0 aromatic carbocycles. The predicted molar refractivity (Wildman–Crippen MR) is 57.3 cm³/mol. The Kier molecular flexibility index (Phi) is 2.68. The standard InChI is InChI=1S/C9H8BrN3O2/c1-15-8(14)3-7-12-6-2-5(10)4-11-9(6)13-7/h2,4H,3H2,1H3,(H,11,12,13). The summed E-state index contributed by atoms with van der Waals surface area (Å²) in [6.07, 6.45) is 1.79. The minimum atomic E-state index is -0.326. The van der Waals surface area contributed by atoms with Crippen LogP contribution in [0.4, 0.5) is 0 Å². The smallest absolute Gasteiger partial charge is 0.313 e. The topological polar surface area (TPSA) is 67.9 Å². The number of pyridine rings is 1. The molecule has 0 aliphatic carbocycles. The summed E-state index contributed by atoms with van der Waals surface area (Å²) < 4.78 is 5.41. The number of carbonyl (C=O) groups excluding carboxylic acids is 1. The minimum Gasteiger partial charge on any atom is -0.469 e. The van der Waals surface area contributed by atoms with E-state index in [1.165, 1.54) is 7.11 Å². The molecule has 0 bridgehead atoms. The number of aromatic amines is 1. The number of H-pyrrole nitrogens is 1. The molecule has 5 nitrogen and oxygen atoms in total. The van der Waals surface area contributed by atoms with Crippen LogP contribution in [0.15, 0.2) is 16.7 Å². The van der Waals surface area contributed by atoms with Crippen molar-refractivity contribution in [1.29, 1.82) is 0 Å². The third kappa shape index (κ3) is 2.15. The third-order valence-electron chi connectivity index (χ3n) is 1.89. The number of imidazole rings is 1. The van der Waals surface area contributed by atoms with Crippen LogP contribution < -0.4 is 0 Å². The average molecular weight is 270 g/mol. The van der Waals surface area contributed by atoms with E-state index in [1.54, 1.807) is 6.20 Å². The summed E-state index contributed by atoms with van der Waals surface area (Å²) in [5, 5.41) is 0. The number of esters is 1. The molecule has 6 heteroatoms. The maximum atomic E-state index is 11.0. The van der Waals surface area contributed by atoms with Crippen molar-refractivity contribution in [3.63, 3.8) is 0 Å². The first-order valence-electron chi connectivity index (χ1n) is 4.26. The Morgan fingerprint density at radius 1 is 1.67 bits per heavy atom. The van der Waals surface area contributed by atoms with Crippen LogP contribution in [0.5, 0.6) is 0 Å². The van der Waals surface area contributed by atoms with Crippen LogP contribution in [-0.2, 0) is 16.0 Å². The molecule has 2 aromatic heterocycles. The molecular formula is C9H8BrN3O2. The first kappa shape index (κ1) is 10.1. The van der Waals surface area contributed by atoms with Gasteiger partial charge in [0.1, 0.15) is 12.2 Å². The number of hydrogen-bond acceptors (Lipinski definition) is 4. The highest BCUT2D eigenvalue weighted by Crippen LogP contribution is 2.15. The lowest BCUT2D eigenvalue weighted by molar-refractivity contribution is -0.139. The van der Waals surface area contributed by atoms with Crippen LogP contribution in [0.1, 0.15) is 5.82 Å². The molecule has 0 unspecified atom stereocenters. The summed E-state index contributed by atoms with van der Waals surface area (Å²) in [6.45, 7) is 0.